The second-order valence-electron chi connectivity index (χ2n) is 22.8. The maximum atomic E-state index is 6.28. The average Bonchev–Trinajstić information content (AvgIpc) is 3.33. The van der Waals surface area contributed by atoms with Crippen molar-refractivity contribution in [2.24, 2.45) is 10.8 Å². The summed E-state index contributed by atoms with van der Waals surface area (Å²) in [6.45, 7) is 18.1. The Morgan fingerprint density at radius 3 is 0.971 bits per heavy atom. The molecule has 4 nitrogen and oxygen atoms in total. The summed E-state index contributed by atoms with van der Waals surface area (Å²) < 4.78 is 24.8. The number of ether oxygens (including phenoxy) is 4. The van der Waals surface area contributed by atoms with Gasteiger partial charge in [-0.15, -0.1) is 0 Å². The Hall–Kier alpha value is -3.28. The molecular formula is C65H100O4. The van der Waals surface area contributed by atoms with E-state index in [1.165, 1.54) is 168 Å². The molecule has 4 aromatic rings. The zero-order chi connectivity index (χ0) is 49.1. The van der Waals surface area contributed by atoms with E-state index in [0.717, 1.165) is 38.9 Å². The molecule has 0 N–H and O–H groups in total. The van der Waals surface area contributed by atoms with Crippen molar-refractivity contribution in [2.45, 2.75) is 227 Å². The monoisotopic (exact) mass is 945 g/mol. The lowest BCUT2D eigenvalue weighted by atomic mass is 9.89. The molecule has 0 fully saturated rings. The molecule has 0 spiro atoms. The summed E-state index contributed by atoms with van der Waals surface area (Å²) in [6, 6.07) is 39.6. The quantitative estimate of drug-likeness (QED) is 0.0417. The number of unbranched alkanes of at least 4 members (excludes halogenated alkanes) is 19. The predicted octanol–water partition coefficient (Wildman–Crippen LogP) is 18.7. The van der Waals surface area contributed by atoms with Crippen molar-refractivity contribution in [3.05, 3.63) is 131 Å². The minimum Gasteiger partial charge on any atom is -0.379 e. The molecule has 0 aliphatic heterocycles. The first-order valence-corrected chi connectivity index (χ1v) is 28.2. The molecule has 0 heterocycles. The van der Waals surface area contributed by atoms with Gasteiger partial charge in [-0.3, -0.25) is 0 Å². The van der Waals surface area contributed by atoms with E-state index in [-0.39, 0.29) is 23.0 Å². The lowest BCUT2D eigenvalue weighted by molar-refractivity contribution is -0.0430. The molecular weight excluding hydrogens is 845 g/mol. The standard InChI is InChI=1S/C65H100O4/c1-64(2,3)50-62(68-52-58-38-28-24-29-39-58)54-66-46-32-22-18-14-10-7-8-12-16-20-26-36-56-42-34-44-60(48-56)61-45-35-43-57(49-61)37-27-21-17-13-9-11-15-19-23-33-47-67-55-63(51-65(4,5)6)69-53-59-40-30-25-31-41-59/h24-25,28-31,34-35,38-45,48-49,62-63H,7-23,26-27,32-33,36-37,46-47,50-55H2,1-6H3. The lowest BCUT2D eigenvalue weighted by Crippen LogP contribution is -2.26. The zero-order valence-electron chi connectivity index (χ0n) is 45.1. The first-order chi connectivity index (χ1) is 33.5. The van der Waals surface area contributed by atoms with Crippen molar-refractivity contribution in [3.63, 3.8) is 0 Å². The van der Waals surface area contributed by atoms with Crippen molar-refractivity contribution in [3.8, 4) is 11.1 Å². The average molecular weight is 946 g/mol. The van der Waals surface area contributed by atoms with Gasteiger partial charge in [0.05, 0.1) is 38.6 Å². The molecule has 0 aromatic heterocycles. The zero-order valence-corrected chi connectivity index (χ0v) is 45.1. The Bertz CT molecular complexity index is 1810. The van der Waals surface area contributed by atoms with Crippen LogP contribution in [0.5, 0.6) is 0 Å². The van der Waals surface area contributed by atoms with E-state index in [1.54, 1.807) is 0 Å². The van der Waals surface area contributed by atoms with Gasteiger partial charge in [0, 0.05) is 13.2 Å². The van der Waals surface area contributed by atoms with Gasteiger partial charge < -0.3 is 18.9 Å². The second kappa shape index (κ2) is 35.8. The van der Waals surface area contributed by atoms with E-state index >= 15 is 0 Å². The van der Waals surface area contributed by atoms with Crippen LogP contribution in [0.25, 0.3) is 11.1 Å². The predicted molar refractivity (Wildman–Crippen MR) is 296 cm³/mol. The minimum atomic E-state index is 0.143. The second-order valence-corrected chi connectivity index (χ2v) is 22.8. The highest BCUT2D eigenvalue weighted by molar-refractivity contribution is 5.65. The van der Waals surface area contributed by atoms with Gasteiger partial charge in [0.1, 0.15) is 0 Å². The van der Waals surface area contributed by atoms with Gasteiger partial charge in [-0.1, -0.05) is 260 Å². The maximum Gasteiger partial charge on any atom is 0.0818 e. The van der Waals surface area contributed by atoms with Crippen LogP contribution in [0, 0.1) is 10.8 Å². The van der Waals surface area contributed by atoms with Crippen molar-refractivity contribution in [1.82, 2.24) is 0 Å². The summed E-state index contributed by atoms with van der Waals surface area (Å²) in [6.07, 6.45) is 32.6. The number of hydrogen-bond donors (Lipinski definition) is 0. The van der Waals surface area contributed by atoms with Gasteiger partial charge in [-0.2, -0.15) is 0 Å². The molecule has 0 saturated heterocycles. The third-order valence-electron chi connectivity index (χ3n) is 13.4. The number of aryl methyl sites for hydroxylation is 2. The molecule has 4 rings (SSSR count). The Balaban J connectivity index is 0.932. The van der Waals surface area contributed by atoms with Crippen LogP contribution in [0.3, 0.4) is 0 Å². The molecule has 0 aliphatic rings. The fourth-order valence-corrected chi connectivity index (χ4v) is 9.59. The SMILES string of the molecule is CC(C)(C)CC(COCCCCCCCCCCCCCc1cccc(-c2cccc(CCCCCCCCCCCCOCC(CC(C)(C)C)OCc3ccccc3)c2)c1)OCc1ccccc1. The van der Waals surface area contributed by atoms with Gasteiger partial charge in [0.25, 0.3) is 0 Å². The smallest absolute Gasteiger partial charge is 0.0818 e. The maximum absolute atomic E-state index is 6.28. The summed E-state index contributed by atoms with van der Waals surface area (Å²) in [7, 11) is 0. The van der Waals surface area contributed by atoms with E-state index in [4.69, 9.17) is 18.9 Å². The van der Waals surface area contributed by atoms with Crippen LogP contribution in [-0.2, 0) is 45.0 Å². The van der Waals surface area contributed by atoms with Crippen LogP contribution in [0.1, 0.15) is 211 Å². The lowest BCUT2D eigenvalue weighted by Gasteiger charge is -2.26. The van der Waals surface area contributed by atoms with Crippen molar-refractivity contribution < 1.29 is 18.9 Å². The minimum absolute atomic E-state index is 0.143. The Labute approximate surface area is 424 Å². The van der Waals surface area contributed by atoms with E-state index in [0.29, 0.717) is 26.4 Å². The van der Waals surface area contributed by atoms with Crippen LogP contribution in [-0.4, -0.2) is 38.6 Å². The molecule has 69 heavy (non-hydrogen) atoms. The van der Waals surface area contributed by atoms with E-state index in [2.05, 4.69) is 151 Å². The topological polar surface area (TPSA) is 36.9 Å². The van der Waals surface area contributed by atoms with Crippen LogP contribution in [0.15, 0.2) is 109 Å². The van der Waals surface area contributed by atoms with Crippen molar-refractivity contribution >= 4 is 0 Å². The van der Waals surface area contributed by atoms with Gasteiger partial charge >= 0.3 is 0 Å². The number of rotatable bonds is 40. The molecule has 4 heteroatoms. The number of benzene rings is 4. The molecule has 2 unspecified atom stereocenters. The highest BCUT2D eigenvalue weighted by Gasteiger charge is 2.21. The molecule has 0 radical (unpaired) electrons. The normalized spacial score (nSPS) is 13.0. The fraction of sp³-hybridized carbons (Fsp3) is 0.631. The molecule has 4 aromatic carbocycles. The highest BCUT2D eigenvalue weighted by atomic mass is 16.5. The van der Waals surface area contributed by atoms with Crippen LogP contribution >= 0.6 is 0 Å². The summed E-state index contributed by atoms with van der Waals surface area (Å²) in [4.78, 5) is 0. The number of hydrogen-bond acceptors (Lipinski definition) is 4. The van der Waals surface area contributed by atoms with Gasteiger partial charge in [0.2, 0.25) is 0 Å². The first kappa shape index (κ1) is 58.3. The van der Waals surface area contributed by atoms with E-state index in [1.807, 2.05) is 0 Å². The Morgan fingerprint density at radius 1 is 0.333 bits per heavy atom. The van der Waals surface area contributed by atoms with Crippen LogP contribution < -0.4 is 0 Å². The molecule has 0 bridgehead atoms. The summed E-state index contributed by atoms with van der Waals surface area (Å²) in [5.41, 5.74) is 8.62. The molecule has 2 atom stereocenters. The van der Waals surface area contributed by atoms with Crippen molar-refractivity contribution in [1.29, 1.82) is 0 Å². The third kappa shape index (κ3) is 30.3. The molecule has 384 valence electrons. The largest absolute Gasteiger partial charge is 0.379 e. The van der Waals surface area contributed by atoms with Crippen LogP contribution in [0.2, 0.25) is 0 Å². The van der Waals surface area contributed by atoms with Crippen molar-refractivity contribution in [2.75, 3.05) is 26.4 Å². The van der Waals surface area contributed by atoms with E-state index < -0.39 is 0 Å². The first-order valence-electron chi connectivity index (χ1n) is 28.2. The Morgan fingerprint density at radius 2 is 0.638 bits per heavy atom. The summed E-state index contributed by atoms with van der Waals surface area (Å²) >= 11 is 0. The summed E-state index contributed by atoms with van der Waals surface area (Å²) in [5.74, 6) is 0. The van der Waals surface area contributed by atoms with Gasteiger partial charge in [-0.05, 0) is 95.6 Å². The molecule has 0 amide bonds. The molecule has 0 aliphatic carbocycles. The highest BCUT2D eigenvalue weighted by Crippen LogP contribution is 2.26. The Kier molecular flexibility index (Phi) is 30.2. The summed E-state index contributed by atoms with van der Waals surface area (Å²) in [5, 5.41) is 0. The van der Waals surface area contributed by atoms with Gasteiger partial charge in [0.15, 0.2) is 0 Å². The van der Waals surface area contributed by atoms with E-state index in [9.17, 15) is 0 Å². The van der Waals surface area contributed by atoms with Gasteiger partial charge in [-0.25, -0.2) is 0 Å². The molecule has 0 saturated carbocycles. The third-order valence-corrected chi connectivity index (χ3v) is 13.4. The fourth-order valence-electron chi connectivity index (χ4n) is 9.59. The van der Waals surface area contributed by atoms with Crippen LogP contribution in [0.4, 0.5) is 0 Å².